The van der Waals surface area contributed by atoms with Crippen LogP contribution in [-0.2, 0) is 4.18 Å². The van der Waals surface area contributed by atoms with Crippen molar-refractivity contribution in [2.24, 2.45) is 0 Å². The lowest BCUT2D eigenvalue weighted by Crippen LogP contribution is -1.83. The highest BCUT2D eigenvalue weighted by Gasteiger charge is 1.90. The number of methoxy groups -OCH3 is 1. The molecule has 0 saturated carbocycles. The Labute approximate surface area is 114 Å². The van der Waals surface area contributed by atoms with Crippen LogP contribution in [0.1, 0.15) is 19.4 Å². The molecule has 0 aliphatic heterocycles. The third-order valence-corrected chi connectivity index (χ3v) is 2.45. The lowest BCUT2D eigenvalue weighted by atomic mass is 10.2. The van der Waals surface area contributed by atoms with Crippen LogP contribution in [0.4, 0.5) is 0 Å². The molecular weight excluding hydrogens is 335 g/mol. The standard InChI is InChI=1S/C10H9IO2S.C2H6/c1-12-10-6-2-4-9(8-10)5-3-7-13-14-11;1-2/h2,4,6,8H,7H2,1H3;1-2H3. The number of rotatable bonds is 3. The number of benzene rings is 1. The molecule has 88 valence electrons. The summed E-state index contributed by atoms with van der Waals surface area (Å²) in [6.45, 7) is 4.44. The molecule has 0 N–H and O–H groups in total. The minimum atomic E-state index is 0.435. The van der Waals surface area contributed by atoms with Crippen molar-refractivity contribution in [3.63, 3.8) is 0 Å². The molecule has 0 radical (unpaired) electrons. The fourth-order valence-electron chi connectivity index (χ4n) is 0.891. The molecule has 0 atom stereocenters. The van der Waals surface area contributed by atoms with Crippen LogP contribution < -0.4 is 4.74 Å². The maximum absolute atomic E-state index is 5.08. The summed E-state index contributed by atoms with van der Waals surface area (Å²) in [5.41, 5.74) is 0.936. The second kappa shape index (κ2) is 11.1. The van der Waals surface area contributed by atoms with Gasteiger partial charge in [0.25, 0.3) is 0 Å². The van der Waals surface area contributed by atoms with Gasteiger partial charge in [0.15, 0.2) is 0 Å². The van der Waals surface area contributed by atoms with Gasteiger partial charge < -0.3 is 4.74 Å². The van der Waals surface area contributed by atoms with Gasteiger partial charge in [-0.05, 0) is 18.2 Å². The number of ether oxygens (including phenoxy) is 1. The van der Waals surface area contributed by atoms with E-state index in [4.69, 9.17) is 8.92 Å². The first-order valence-electron chi connectivity index (χ1n) is 4.90. The molecule has 0 aromatic heterocycles. The Morgan fingerprint density at radius 3 is 2.75 bits per heavy atom. The Morgan fingerprint density at radius 2 is 2.12 bits per heavy atom. The average Bonchev–Trinajstić information content (AvgIpc) is 2.37. The maximum Gasteiger partial charge on any atom is 0.123 e. The van der Waals surface area contributed by atoms with Crippen LogP contribution >= 0.6 is 30.4 Å². The minimum Gasteiger partial charge on any atom is -0.497 e. The molecule has 0 fully saturated rings. The Morgan fingerprint density at radius 1 is 1.38 bits per heavy atom. The molecule has 2 nitrogen and oxygen atoms in total. The molecule has 0 spiro atoms. The van der Waals surface area contributed by atoms with Crippen LogP contribution in [0.5, 0.6) is 5.75 Å². The summed E-state index contributed by atoms with van der Waals surface area (Å²) in [6.07, 6.45) is 0. The predicted octanol–water partition coefficient (Wildman–Crippen LogP) is 4.09. The van der Waals surface area contributed by atoms with Gasteiger partial charge in [0.05, 0.1) is 16.3 Å². The maximum atomic E-state index is 5.08. The third-order valence-electron chi connectivity index (χ3n) is 1.48. The second-order valence-electron chi connectivity index (χ2n) is 2.36. The van der Waals surface area contributed by atoms with Crippen molar-refractivity contribution in [2.45, 2.75) is 13.8 Å². The predicted molar refractivity (Wildman–Crippen MR) is 78.8 cm³/mol. The summed E-state index contributed by atoms with van der Waals surface area (Å²) in [4.78, 5) is 0. The van der Waals surface area contributed by atoms with E-state index in [9.17, 15) is 0 Å². The fraction of sp³-hybridized carbons (Fsp3) is 0.333. The molecule has 0 unspecified atom stereocenters. The summed E-state index contributed by atoms with van der Waals surface area (Å²) in [6, 6.07) is 7.63. The molecule has 1 rings (SSSR count). The molecule has 0 bridgehead atoms. The normalized spacial score (nSPS) is 8.25. The lowest BCUT2D eigenvalue weighted by molar-refractivity contribution is 0.414. The van der Waals surface area contributed by atoms with Crippen LogP contribution in [0, 0.1) is 11.8 Å². The molecule has 0 heterocycles. The van der Waals surface area contributed by atoms with Gasteiger partial charge in [-0.25, -0.2) is 0 Å². The van der Waals surface area contributed by atoms with Crippen LogP contribution in [0.25, 0.3) is 0 Å². The molecule has 0 aliphatic rings. The zero-order chi connectivity index (χ0) is 12.2. The van der Waals surface area contributed by atoms with E-state index < -0.39 is 0 Å². The minimum absolute atomic E-state index is 0.435. The molecule has 16 heavy (non-hydrogen) atoms. The number of hydrogen-bond acceptors (Lipinski definition) is 3. The first kappa shape index (κ1) is 15.6. The van der Waals surface area contributed by atoms with Crippen molar-refractivity contribution in [2.75, 3.05) is 13.7 Å². The first-order valence-corrected chi connectivity index (χ1v) is 8.18. The number of halogens is 1. The zero-order valence-corrected chi connectivity index (χ0v) is 12.6. The molecular formula is C12H15IO2S. The van der Waals surface area contributed by atoms with Gasteiger partial charge in [-0.3, -0.25) is 4.18 Å². The van der Waals surface area contributed by atoms with Crippen molar-refractivity contribution < 1.29 is 8.92 Å². The highest BCUT2D eigenvalue weighted by molar-refractivity contribution is 14.2. The Hall–Kier alpha value is -0.380. The summed E-state index contributed by atoms with van der Waals surface area (Å²) in [5.74, 6) is 6.70. The van der Waals surface area contributed by atoms with Crippen molar-refractivity contribution in [3.8, 4) is 17.6 Å². The molecule has 1 aromatic carbocycles. The van der Waals surface area contributed by atoms with E-state index in [2.05, 4.69) is 33.0 Å². The van der Waals surface area contributed by atoms with Crippen molar-refractivity contribution in [1.82, 2.24) is 0 Å². The van der Waals surface area contributed by atoms with E-state index in [1.54, 1.807) is 7.11 Å². The Kier molecular flexibility index (Phi) is 10.9. The molecule has 0 amide bonds. The van der Waals surface area contributed by atoms with E-state index in [0.29, 0.717) is 6.61 Å². The molecule has 4 heteroatoms. The van der Waals surface area contributed by atoms with E-state index >= 15 is 0 Å². The monoisotopic (exact) mass is 350 g/mol. The first-order chi connectivity index (χ1) is 7.86. The van der Waals surface area contributed by atoms with Crippen LogP contribution in [0.2, 0.25) is 0 Å². The van der Waals surface area contributed by atoms with E-state index in [-0.39, 0.29) is 0 Å². The zero-order valence-electron chi connectivity index (χ0n) is 9.62. The van der Waals surface area contributed by atoms with Crippen LogP contribution in [-0.4, -0.2) is 13.7 Å². The topological polar surface area (TPSA) is 18.5 Å². The van der Waals surface area contributed by atoms with Crippen molar-refractivity contribution in [3.05, 3.63) is 29.8 Å². The van der Waals surface area contributed by atoms with E-state index in [1.807, 2.05) is 38.1 Å². The van der Waals surface area contributed by atoms with Gasteiger partial charge in [-0.1, -0.05) is 31.8 Å². The van der Waals surface area contributed by atoms with E-state index in [1.165, 1.54) is 9.21 Å². The number of hydrogen-bond donors (Lipinski definition) is 0. The Balaban J connectivity index is 0.00000106. The van der Waals surface area contributed by atoms with Gasteiger partial charge in [-0.2, -0.15) is 0 Å². The van der Waals surface area contributed by atoms with Gasteiger partial charge >= 0.3 is 0 Å². The van der Waals surface area contributed by atoms with Gasteiger partial charge in [0.1, 0.15) is 12.4 Å². The summed E-state index contributed by atoms with van der Waals surface area (Å²) in [5, 5.41) is 0. The summed E-state index contributed by atoms with van der Waals surface area (Å²) >= 11 is 2.06. The lowest BCUT2D eigenvalue weighted by Gasteiger charge is -1.98. The third kappa shape index (κ3) is 6.99. The highest BCUT2D eigenvalue weighted by atomic mass is 127. The smallest absolute Gasteiger partial charge is 0.123 e. The van der Waals surface area contributed by atoms with Crippen molar-refractivity contribution in [1.29, 1.82) is 0 Å². The SMILES string of the molecule is CC.COc1cccc(C#CCOSI)c1. The second-order valence-corrected chi connectivity index (χ2v) is 3.80. The van der Waals surface area contributed by atoms with Crippen LogP contribution in [0.3, 0.4) is 0 Å². The molecule has 0 aliphatic carbocycles. The van der Waals surface area contributed by atoms with E-state index in [0.717, 1.165) is 11.3 Å². The van der Waals surface area contributed by atoms with Crippen molar-refractivity contribution >= 4 is 30.4 Å². The highest BCUT2D eigenvalue weighted by Crippen LogP contribution is 2.12. The summed E-state index contributed by atoms with van der Waals surface area (Å²) in [7, 11) is 2.93. The largest absolute Gasteiger partial charge is 0.497 e. The van der Waals surface area contributed by atoms with Crippen LogP contribution in [0.15, 0.2) is 24.3 Å². The molecule has 1 aromatic rings. The fourth-order valence-corrected chi connectivity index (χ4v) is 1.38. The average molecular weight is 350 g/mol. The molecule has 0 saturated heterocycles. The quantitative estimate of drug-likeness (QED) is 0.354. The summed E-state index contributed by atoms with van der Waals surface area (Å²) < 4.78 is 10.1. The van der Waals surface area contributed by atoms with Gasteiger partial charge in [0, 0.05) is 26.8 Å². The van der Waals surface area contributed by atoms with Gasteiger partial charge in [0.2, 0.25) is 0 Å². The Bertz CT molecular complexity index is 344. The van der Waals surface area contributed by atoms with Gasteiger partial charge in [-0.15, -0.1) is 0 Å².